The van der Waals surface area contributed by atoms with E-state index in [4.69, 9.17) is 11.6 Å². The first-order chi connectivity index (χ1) is 8.66. The second-order valence-corrected chi connectivity index (χ2v) is 5.01. The molecule has 2 aromatic carbocycles. The summed E-state index contributed by atoms with van der Waals surface area (Å²) < 4.78 is 1.02. The standard InChI is InChI=1S/C15H10BrClO/c16-13-6-3-4-11(10-13)8-9-12-5-1-2-7-14(12)15(17)18/h1-10H. The van der Waals surface area contributed by atoms with Crippen molar-refractivity contribution in [2.75, 3.05) is 0 Å². The summed E-state index contributed by atoms with van der Waals surface area (Å²) in [7, 11) is 0. The van der Waals surface area contributed by atoms with Crippen LogP contribution in [0, 0.1) is 0 Å². The molecule has 1 nitrogen and oxygen atoms in total. The van der Waals surface area contributed by atoms with Crippen molar-refractivity contribution in [3.05, 3.63) is 69.7 Å². The lowest BCUT2D eigenvalue weighted by Gasteiger charge is -2.00. The summed E-state index contributed by atoms with van der Waals surface area (Å²) in [4.78, 5) is 11.3. The predicted octanol–water partition coefficient (Wildman–Crippen LogP) is 5.00. The molecule has 18 heavy (non-hydrogen) atoms. The minimum absolute atomic E-state index is 0.440. The van der Waals surface area contributed by atoms with Crippen molar-refractivity contribution in [2.24, 2.45) is 0 Å². The predicted molar refractivity (Wildman–Crippen MR) is 79.7 cm³/mol. The molecule has 0 radical (unpaired) electrons. The quantitative estimate of drug-likeness (QED) is 0.574. The number of hydrogen-bond donors (Lipinski definition) is 0. The smallest absolute Gasteiger partial charge is 0.252 e. The van der Waals surface area contributed by atoms with Gasteiger partial charge in [-0.25, -0.2) is 0 Å². The fraction of sp³-hybridized carbons (Fsp3) is 0. The van der Waals surface area contributed by atoms with Crippen LogP contribution >= 0.6 is 27.5 Å². The Kier molecular flexibility index (Phi) is 4.34. The van der Waals surface area contributed by atoms with Crippen LogP contribution in [0.1, 0.15) is 21.5 Å². The Morgan fingerprint density at radius 2 is 1.83 bits per heavy atom. The molecule has 0 aliphatic heterocycles. The molecule has 0 amide bonds. The summed E-state index contributed by atoms with van der Waals surface area (Å²) in [5.74, 6) is 0. The molecule has 2 rings (SSSR count). The number of halogens is 2. The van der Waals surface area contributed by atoms with Gasteiger partial charge in [-0.2, -0.15) is 0 Å². The Balaban J connectivity index is 2.32. The van der Waals surface area contributed by atoms with Crippen LogP contribution in [-0.4, -0.2) is 5.24 Å². The SMILES string of the molecule is O=C(Cl)c1ccccc1C=Cc1cccc(Br)c1. The summed E-state index contributed by atoms with van der Waals surface area (Å²) in [6, 6.07) is 15.2. The molecular weight excluding hydrogens is 312 g/mol. The van der Waals surface area contributed by atoms with Gasteiger partial charge < -0.3 is 0 Å². The Hall–Kier alpha value is -1.38. The lowest BCUT2D eigenvalue weighted by atomic mass is 10.1. The fourth-order valence-electron chi connectivity index (χ4n) is 1.62. The van der Waals surface area contributed by atoms with Crippen molar-refractivity contribution in [2.45, 2.75) is 0 Å². The summed E-state index contributed by atoms with van der Waals surface area (Å²) >= 11 is 8.95. The van der Waals surface area contributed by atoms with E-state index in [-0.39, 0.29) is 0 Å². The van der Waals surface area contributed by atoms with Crippen LogP contribution in [0.5, 0.6) is 0 Å². The van der Waals surface area contributed by atoms with Gasteiger partial charge in [-0.1, -0.05) is 58.4 Å². The lowest BCUT2D eigenvalue weighted by molar-refractivity contribution is 0.108. The Morgan fingerprint density at radius 3 is 2.56 bits per heavy atom. The molecule has 0 atom stereocenters. The van der Waals surface area contributed by atoms with E-state index in [1.807, 2.05) is 48.6 Å². The van der Waals surface area contributed by atoms with Crippen molar-refractivity contribution >= 4 is 44.9 Å². The summed E-state index contributed by atoms with van der Waals surface area (Å²) in [5, 5.41) is -0.440. The topological polar surface area (TPSA) is 17.1 Å². The van der Waals surface area contributed by atoms with Gasteiger partial charge in [-0.15, -0.1) is 0 Å². The van der Waals surface area contributed by atoms with Crippen LogP contribution in [0.4, 0.5) is 0 Å². The van der Waals surface area contributed by atoms with Gasteiger partial charge >= 0.3 is 0 Å². The Morgan fingerprint density at radius 1 is 1.06 bits per heavy atom. The van der Waals surface area contributed by atoms with Crippen LogP contribution in [0.2, 0.25) is 0 Å². The second kappa shape index (κ2) is 5.98. The van der Waals surface area contributed by atoms with Gasteiger partial charge in [0.1, 0.15) is 0 Å². The van der Waals surface area contributed by atoms with Crippen molar-refractivity contribution in [1.82, 2.24) is 0 Å². The van der Waals surface area contributed by atoms with E-state index in [9.17, 15) is 4.79 Å². The molecule has 0 saturated heterocycles. The Bertz CT molecular complexity index is 605. The first kappa shape index (κ1) is 13.1. The molecule has 2 aromatic rings. The maximum absolute atomic E-state index is 11.3. The van der Waals surface area contributed by atoms with Gasteiger partial charge in [0.2, 0.25) is 0 Å². The monoisotopic (exact) mass is 320 g/mol. The molecule has 3 heteroatoms. The molecular formula is C15H10BrClO. The van der Waals surface area contributed by atoms with E-state index >= 15 is 0 Å². The third-order valence-electron chi connectivity index (χ3n) is 2.48. The first-order valence-corrected chi connectivity index (χ1v) is 6.56. The minimum atomic E-state index is -0.440. The van der Waals surface area contributed by atoms with Crippen LogP contribution in [0.25, 0.3) is 12.2 Å². The number of hydrogen-bond acceptors (Lipinski definition) is 1. The van der Waals surface area contributed by atoms with Gasteiger partial charge in [-0.05, 0) is 40.9 Å². The van der Waals surface area contributed by atoms with Crippen LogP contribution in [0.15, 0.2) is 53.0 Å². The molecule has 0 heterocycles. The normalized spacial score (nSPS) is 10.8. The van der Waals surface area contributed by atoms with Crippen molar-refractivity contribution in [1.29, 1.82) is 0 Å². The van der Waals surface area contributed by atoms with E-state index in [1.54, 1.807) is 12.1 Å². The maximum Gasteiger partial charge on any atom is 0.252 e. The summed E-state index contributed by atoms with van der Waals surface area (Å²) in [5.41, 5.74) is 2.39. The van der Waals surface area contributed by atoms with Gasteiger partial charge in [0.15, 0.2) is 0 Å². The molecule has 0 saturated carbocycles. The zero-order chi connectivity index (χ0) is 13.0. The average molecular weight is 322 g/mol. The van der Waals surface area contributed by atoms with Crippen molar-refractivity contribution < 1.29 is 4.79 Å². The number of carbonyl (C=O) groups is 1. The zero-order valence-corrected chi connectivity index (χ0v) is 11.8. The number of carbonyl (C=O) groups excluding carboxylic acids is 1. The maximum atomic E-state index is 11.3. The van der Waals surface area contributed by atoms with E-state index in [1.165, 1.54) is 0 Å². The summed E-state index contributed by atoms with van der Waals surface area (Å²) in [6.07, 6.45) is 3.83. The fourth-order valence-corrected chi connectivity index (χ4v) is 2.21. The average Bonchev–Trinajstić information content (AvgIpc) is 2.37. The van der Waals surface area contributed by atoms with E-state index < -0.39 is 5.24 Å². The molecule has 0 aliphatic carbocycles. The number of rotatable bonds is 3. The third-order valence-corrected chi connectivity index (χ3v) is 3.17. The van der Waals surface area contributed by atoms with Crippen molar-refractivity contribution in [3.8, 4) is 0 Å². The highest BCUT2D eigenvalue weighted by Gasteiger charge is 2.04. The van der Waals surface area contributed by atoms with E-state index in [2.05, 4.69) is 15.9 Å². The highest BCUT2D eigenvalue weighted by molar-refractivity contribution is 9.10. The largest absolute Gasteiger partial charge is 0.276 e. The van der Waals surface area contributed by atoms with E-state index in [0.717, 1.165) is 15.6 Å². The molecule has 0 aromatic heterocycles. The lowest BCUT2D eigenvalue weighted by Crippen LogP contribution is -1.91. The van der Waals surface area contributed by atoms with Gasteiger partial charge in [-0.3, -0.25) is 4.79 Å². The van der Waals surface area contributed by atoms with Gasteiger partial charge in [0, 0.05) is 10.0 Å². The molecule has 0 N–H and O–H groups in total. The molecule has 0 fully saturated rings. The second-order valence-electron chi connectivity index (χ2n) is 3.75. The highest BCUT2D eigenvalue weighted by atomic mass is 79.9. The van der Waals surface area contributed by atoms with Crippen LogP contribution in [-0.2, 0) is 0 Å². The minimum Gasteiger partial charge on any atom is -0.276 e. The van der Waals surface area contributed by atoms with Gasteiger partial charge in [0.25, 0.3) is 5.24 Å². The van der Waals surface area contributed by atoms with Gasteiger partial charge in [0.05, 0.1) is 0 Å². The zero-order valence-electron chi connectivity index (χ0n) is 9.44. The highest BCUT2D eigenvalue weighted by Crippen LogP contribution is 2.17. The van der Waals surface area contributed by atoms with E-state index in [0.29, 0.717) is 5.56 Å². The van der Waals surface area contributed by atoms with Crippen LogP contribution < -0.4 is 0 Å². The molecule has 90 valence electrons. The van der Waals surface area contributed by atoms with Crippen molar-refractivity contribution in [3.63, 3.8) is 0 Å². The molecule has 0 unspecified atom stereocenters. The van der Waals surface area contributed by atoms with Crippen LogP contribution in [0.3, 0.4) is 0 Å². The molecule has 0 bridgehead atoms. The first-order valence-electron chi connectivity index (χ1n) is 5.39. The number of benzene rings is 2. The third kappa shape index (κ3) is 3.31. The Labute approximate surface area is 119 Å². The summed E-state index contributed by atoms with van der Waals surface area (Å²) in [6.45, 7) is 0. The molecule has 0 aliphatic rings. The molecule has 0 spiro atoms.